The predicted octanol–water partition coefficient (Wildman–Crippen LogP) is 3.60. The average Bonchev–Trinajstić information content (AvgIpc) is 2.39. The monoisotopic (exact) mass is 286 g/mol. The Morgan fingerprint density at radius 2 is 1.68 bits per heavy atom. The molecule has 1 heterocycles. The molecule has 0 aromatic rings. The lowest BCUT2D eigenvalue weighted by Crippen LogP contribution is -2.29. The molecule has 1 aliphatic carbocycles. The molecule has 2 aliphatic rings. The third kappa shape index (κ3) is 4.83. The molecule has 2 rings (SSSR count). The predicted molar refractivity (Wildman–Crippen MR) is 77.8 cm³/mol. The second-order valence-corrected chi connectivity index (χ2v) is 8.26. The van der Waals surface area contributed by atoms with Crippen LogP contribution in [0.25, 0.3) is 0 Å². The van der Waals surface area contributed by atoms with E-state index >= 15 is 0 Å². The van der Waals surface area contributed by atoms with Gasteiger partial charge < -0.3 is 4.74 Å². The number of rotatable bonds is 3. The van der Waals surface area contributed by atoms with Gasteiger partial charge in [-0.1, -0.05) is 25.7 Å². The molecule has 0 bridgehead atoms. The van der Waals surface area contributed by atoms with E-state index in [-0.39, 0.29) is 5.25 Å². The fourth-order valence-corrected chi connectivity index (χ4v) is 4.71. The topological polar surface area (TPSA) is 43.4 Å². The van der Waals surface area contributed by atoms with Gasteiger partial charge >= 0.3 is 0 Å². The first kappa shape index (κ1) is 14.9. The third-order valence-corrected chi connectivity index (χ3v) is 6.49. The molecule has 0 spiro atoms. The molecule has 110 valence electrons. The highest BCUT2D eigenvalue weighted by atomic mass is 32.2. The standard InChI is InChI=1S/C15H26O3S/c16-19(17)11-7-2-1-6-10-15(19)13-18-12-14-8-4-3-5-9-14/h12,15H,1-11,13H2. The molecule has 3 nitrogen and oxygen atoms in total. The summed E-state index contributed by atoms with van der Waals surface area (Å²) in [5.74, 6) is 0.345. The van der Waals surface area contributed by atoms with Crippen LogP contribution < -0.4 is 0 Å². The third-order valence-electron chi connectivity index (χ3n) is 4.24. The summed E-state index contributed by atoms with van der Waals surface area (Å²) >= 11 is 0. The minimum atomic E-state index is -2.94. The van der Waals surface area contributed by atoms with Gasteiger partial charge in [0.1, 0.15) is 6.61 Å². The highest BCUT2D eigenvalue weighted by Gasteiger charge is 2.26. The zero-order chi connectivity index (χ0) is 13.6. The highest BCUT2D eigenvalue weighted by Crippen LogP contribution is 2.23. The van der Waals surface area contributed by atoms with E-state index in [1.807, 2.05) is 6.26 Å². The van der Waals surface area contributed by atoms with Crippen LogP contribution in [0.5, 0.6) is 0 Å². The molecule has 0 aromatic heterocycles. The second-order valence-electron chi connectivity index (χ2n) is 5.86. The van der Waals surface area contributed by atoms with Gasteiger partial charge in [0.2, 0.25) is 0 Å². The Balaban J connectivity index is 1.85. The smallest absolute Gasteiger partial charge is 0.156 e. The zero-order valence-electron chi connectivity index (χ0n) is 11.8. The first-order valence-electron chi connectivity index (χ1n) is 7.69. The molecule has 0 radical (unpaired) electrons. The van der Waals surface area contributed by atoms with E-state index < -0.39 is 9.84 Å². The van der Waals surface area contributed by atoms with Gasteiger partial charge in [-0.25, -0.2) is 8.42 Å². The van der Waals surface area contributed by atoms with Crippen molar-refractivity contribution in [3.8, 4) is 0 Å². The highest BCUT2D eigenvalue weighted by molar-refractivity contribution is 7.92. The number of sulfone groups is 1. The van der Waals surface area contributed by atoms with Gasteiger partial charge in [-0.2, -0.15) is 0 Å². The molecule has 19 heavy (non-hydrogen) atoms. The molecule has 1 unspecified atom stereocenters. The van der Waals surface area contributed by atoms with Crippen molar-refractivity contribution < 1.29 is 13.2 Å². The van der Waals surface area contributed by atoms with Crippen molar-refractivity contribution in [2.45, 2.75) is 69.5 Å². The molecule has 0 aromatic carbocycles. The van der Waals surface area contributed by atoms with Crippen LogP contribution in [0, 0.1) is 0 Å². The van der Waals surface area contributed by atoms with Gasteiger partial charge in [0, 0.05) is 0 Å². The minimum absolute atomic E-state index is 0.284. The lowest BCUT2D eigenvalue weighted by Gasteiger charge is -2.20. The lowest BCUT2D eigenvalue weighted by molar-refractivity contribution is 0.235. The lowest BCUT2D eigenvalue weighted by atomic mass is 9.96. The molecule has 2 fully saturated rings. The van der Waals surface area contributed by atoms with Crippen molar-refractivity contribution in [1.82, 2.24) is 0 Å². The summed E-state index contributed by atoms with van der Waals surface area (Å²) < 4.78 is 29.9. The normalized spacial score (nSPS) is 28.2. The summed E-state index contributed by atoms with van der Waals surface area (Å²) in [5, 5.41) is -0.284. The molecular formula is C15H26O3S. The Hall–Kier alpha value is -0.510. The Labute approximate surface area is 117 Å². The van der Waals surface area contributed by atoms with Crippen molar-refractivity contribution in [1.29, 1.82) is 0 Å². The molecule has 4 heteroatoms. The molecule has 1 atom stereocenters. The van der Waals surface area contributed by atoms with E-state index in [9.17, 15) is 8.42 Å². The van der Waals surface area contributed by atoms with Crippen molar-refractivity contribution >= 4 is 9.84 Å². The summed E-state index contributed by atoms with van der Waals surface area (Å²) in [6.45, 7) is 0.353. The van der Waals surface area contributed by atoms with Crippen LogP contribution in [-0.4, -0.2) is 26.0 Å². The van der Waals surface area contributed by atoms with Crippen molar-refractivity contribution in [3.05, 3.63) is 11.8 Å². The van der Waals surface area contributed by atoms with E-state index in [1.165, 1.54) is 24.8 Å². The second kappa shape index (κ2) is 7.32. The Bertz CT molecular complexity index is 390. The first-order valence-corrected chi connectivity index (χ1v) is 9.41. The van der Waals surface area contributed by atoms with Crippen LogP contribution >= 0.6 is 0 Å². The fourth-order valence-electron chi connectivity index (χ4n) is 2.96. The van der Waals surface area contributed by atoms with E-state index in [0.717, 1.165) is 44.9 Å². The van der Waals surface area contributed by atoms with Gasteiger partial charge in [0.05, 0.1) is 17.3 Å². The van der Waals surface area contributed by atoms with Gasteiger partial charge in [-0.05, 0) is 44.1 Å². The summed E-state index contributed by atoms with van der Waals surface area (Å²) in [5.41, 5.74) is 1.36. The maximum atomic E-state index is 12.1. The summed E-state index contributed by atoms with van der Waals surface area (Å²) in [7, 11) is -2.94. The average molecular weight is 286 g/mol. The van der Waals surface area contributed by atoms with Gasteiger partial charge in [0.25, 0.3) is 0 Å². The van der Waals surface area contributed by atoms with Crippen molar-refractivity contribution in [3.63, 3.8) is 0 Å². The SMILES string of the molecule is O=S1(=O)CCCCCCC1COC=C1CCCCC1. The van der Waals surface area contributed by atoms with Crippen LogP contribution in [0.15, 0.2) is 11.8 Å². The molecule has 1 saturated carbocycles. The van der Waals surface area contributed by atoms with Crippen LogP contribution in [0.3, 0.4) is 0 Å². The van der Waals surface area contributed by atoms with Gasteiger partial charge in [-0.3, -0.25) is 0 Å². The Kier molecular flexibility index (Phi) is 5.74. The van der Waals surface area contributed by atoms with Crippen LogP contribution in [0.2, 0.25) is 0 Å². The molecule has 1 saturated heterocycles. The maximum absolute atomic E-state index is 12.1. The van der Waals surface area contributed by atoms with Gasteiger partial charge in [0.15, 0.2) is 9.84 Å². The van der Waals surface area contributed by atoms with Gasteiger partial charge in [-0.15, -0.1) is 0 Å². The molecule has 0 N–H and O–H groups in total. The molecular weight excluding hydrogens is 260 g/mol. The van der Waals surface area contributed by atoms with Crippen LogP contribution in [0.4, 0.5) is 0 Å². The van der Waals surface area contributed by atoms with E-state index in [4.69, 9.17) is 4.74 Å². The van der Waals surface area contributed by atoms with Crippen molar-refractivity contribution in [2.24, 2.45) is 0 Å². The fraction of sp³-hybridized carbons (Fsp3) is 0.867. The van der Waals surface area contributed by atoms with E-state index in [2.05, 4.69) is 0 Å². The quantitative estimate of drug-likeness (QED) is 0.745. The van der Waals surface area contributed by atoms with Crippen LogP contribution in [0.1, 0.15) is 64.2 Å². The van der Waals surface area contributed by atoms with Crippen LogP contribution in [-0.2, 0) is 14.6 Å². The first-order chi connectivity index (χ1) is 9.18. The number of allylic oxidation sites excluding steroid dienone is 1. The largest absolute Gasteiger partial charge is 0.500 e. The summed E-state index contributed by atoms with van der Waals surface area (Å²) in [6, 6.07) is 0. The van der Waals surface area contributed by atoms with Crippen molar-refractivity contribution in [2.75, 3.05) is 12.4 Å². The number of hydrogen-bond donors (Lipinski definition) is 0. The van der Waals surface area contributed by atoms with E-state index in [0.29, 0.717) is 12.4 Å². The molecule has 1 aliphatic heterocycles. The number of ether oxygens (including phenoxy) is 1. The minimum Gasteiger partial charge on any atom is -0.500 e. The van der Waals surface area contributed by atoms with E-state index in [1.54, 1.807) is 0 Å². The molecule has 0 amide bonds. The Morgan fingerprint density at radius 3 is 2.47 bits per heavy atom. The number of hydrogen-bond acceptors (Lipinski definition) is 3. The Morgan fingerprint density at radius 1 is 1.00 bits per heavy atom. The zero-order valence-corrected chi connectivity index (χ0v) is 12.6. The maximum Gasteiger partial charge on any atom is 0.156 e. The summed E-state index contributed by atoms with van der Waals surface area (Å²) in [6.07, 6.45) is 12.7. The summed E-state index contributed by atoms with van der Waals surface area (Å²) in [4.78, 5) is 0.